The second-order valence-corrected chi connectivity index (χ2v) is 4.57. The van der Waals surface area contributed by atoms with E-state index in [1.807, 2.05) is 31.2 Å². The SMILES string of the molecule is CCOc1ccccc1OCCNC1CCOCC1. The topological polar surface area (TPSA) is 39.7 Å². The Bertz CT molecular complexity index is 364. The van der Waals surface area contributed by atoms with Crippen LogP contribution in [-0.2, 0) is 4.74 Å². The summed E-state index contributed by atoms with van der Waals surface area (Å²) in [6.07, 6.45) is 2.19. The van der Waals surface area contributed by atoms with Crippen LogP contribution < -0.4 is 14.8 Å². The van der Waals surface area contributed by atoms with Crippen LogP contribution in [0.5, 0.6) is 11.5 Å². The molecule has 1 aliphatic rings. The standard InChI is InChI=1S/C15H23NO3/c1-2-18-14-5-3-4-6-15(14)19-12-9-16-13-7-10-17-11-8-13/h3-6,13,16H,2,7-12H2,1H3. The largest absolute Gasteiger partial charge is 0.490 e. The Hall–Kier alpha value is -1.26. The van der Waals surface area contributed by atoms with E-state index in [4.69, 9.17) is 14.2 Å². The molecule has 1 fully saturated rings. The Morgan fingerprint density at radius 2 is 1.84 bits per heavy atom. The first kappa shape index (κ1) is 14.2. The van der Waals surface area contributed by atoms with E-state index in [1.165, 1.54) is 0 Å². The van der Waals surface area contributed by atoms with Gasteiger partial charge in [-0.25, -0.2) is 0 Å². The summed E-state index contributed by atoms with van der Waals surface area (Å²) < 4.78 is 16.6. The molecule has 0 unspecified atom stereocenters. The van der Waals surface area contributed by atoms with Crippen molar-refractivity contribution in [2.45, 2.75) is 25.8 Å². The first-order valence-electron chi connectivity index (χ1n) is 7.06. The third kappa shape index (κ3) is 4.73. The number of para-hydroxylation sites is 2. The molecule has 1 N–H and O–H groups in total. The van der Waals surface area contributed by atoms with Gasteiger partial charge in [0, 0.05) is 25.8 Å². The third-order valence-corrected chi connectivity index (χ3v) is 3.16. The van der Waals surface area contributed by atoms with Crippen LogP contribution in [0.25, 0.3) is 0 Å². The van der Waals surface area contributed by atoms with Crippen LogP contribution in [0.4, 0.5) is 0 Å². The summed E-state index contributed by atoms with van der Waals surface area (Å²) in [5.41, 5.74) is 0. The van der Waals surface area contributed by atoms with Crippen LogP contribution >= 0.6 is 0 Å². The van der Waals surface area contributed by atoms with Gasteiger partial charge in [-0.3, -0.25) is 0 Å². The molecule has 1 aromatic rings. The highest BCUT2D eigenvalue weighted by molar-refractivity contribution is 5.39. The van der Waals surface area contributed by atoms with Crippen LogP contribution in [0.1, 0.15) is 19.8 Å². The zero-order chi connectivity index (χ0) is 13.3. The van der Waals surface area contributed by atoms with Crippen LogP contribution in [0.3, 0.4) is 0 Å². The second-order valence-electron chi connectivity index (χ2n) is 4.57. The highest BCUT2D eigenvalue weighted by Gasteiger charge is 2.12. The molecular weight excluding hydrogens is 242 g/mol. The van der Waals surface area contributed by atoms with Crippen LogP contribution in [0, 0.1) is 0 Å². The summed E-state index contributed by atoms with van der Waals surface area (Å²) in [5, 5.41) is 3.50. The van der Waals surface area contributed by atoms with Gasteiger partial charge in [0.25, 0.3) is 0 Å². The fourth-order valence-corrected chi connectivity index (χ4v) is 2.17. The zero-order valence-corrected chi connectivity index (χ0v) is 11.6. The third-order valence-electron chi connectivity index (χ3n) is 3.16. The van der Waals surface area contributed by atoms with Crippen LogP contribution in [-0.4, -0.2) is 39.0 Å². The molecule has 0 aromatic heterocycles. The van der Waals surface area contributed by atoms with Gasteiger partial charge in [0.1, 0.15) is 6.61 Å². The molecule has 0 bridgehead atoms. The zero-order valence-electron chi connectivity index (χ0n) is 11.6. The summed E-state index contributed by atoms with van der Waals surface area (Å²) in [5.74, 6) is 1.63. The molecule has 1 saturated heterocycles. The summed E-state index contributed by atoms with van der Waals surface area (Å²) in [6.45, 7) is 5.87. The van der Waals surface area contributed by atoms with E-state index < -0.39 is 0 Å². The van der Waals surface area contributed by atoms with Gasteiger partial charge >= 0.3 is 0 Å². The lowest BCUT2D eigenvalue weighted by atomic mass is 10.1. The Morgan fingerprint density at radius 1 is 1.16 bits per heavy atom. The first-order chi connectivity index (χ1) is 9.40. The van der Waals surface area contributed by atoms with Gasteiger partial charge in [-0.15, -0.1) is 0 Å². The molecule has 0 atom stereocenters. The normalized spacial score (nSPS) is 16.3. The average Bonchev–Trinajstić information content (AvgIpc) is 2.47. The van der Waals surface area contributed by atoms with Gasteiger partial charge in [-0.1, -0.05) is 12.1 Å². The van der Waals surface area contributed by atoms with Crippen molar-refractivity contribution >= 4 is 0 Å². The molecule has 0 saturated carbocycles. The van der Waals surface area contributed by atoms with E-state index in [9.17, 15) is 0 Å². The molecule has 0 radical (unpaired) electrons. The smallest absolute Gasteiger partial charge is 0.161 e. The van der Waals surface area contributed by atoms with Gasteiger partial charge in [0.15, 0.2) is 11.5 Å². The lowest BCUT2D eigenvalue weighted by Gasteiger charge is -2.23. The summed E-state index contributed by atoms with van der Waals surface area (Å²) in [4.78, 5) is 0. The minimum absolute atomic E-state index is 0.569. The minimum Gasteiger partial charge on any atom is -0.490 e. The fraction of sp³-hybridized carbons (Fsp3) is 0.600. The molecule has 1 heterocycles. The van der Waals surface area contributed by atoms with E-state index in [2.05, 4.69) is 5.32 Å². The Balaban J connectivity index is 1.70. The van der Waals surface area contributed by atoms with Crippen molar-refractivity contribution in [2.75, 3.05) is 33.0 Å². The van der Waals surface area contributed by atoms with E-state index in [1.54, 1.807) is 0 Å². The minimum atomic E-state index is 0.569. The monoisotopic (exact) mass is 265 g/mol. The van der Waals surface area contributed by atoms with Gasteiger partial charge in [0.05, 0.1) is 6.61 Å². The molecular formula is C15H23NO3. The van der Waals surface area contributed by atoms with Crippen molar-refractivity contribution in [1.82, 2.24) is 5.32 Å². The number of ether oxygens (including phenoxy) is 3. The predicted octanol–water partition coefficient (Wildman–Crippen LogP) is 2.23. The lowest BCUT2D eigenvalue weighted by Crippen LogP contribution is -2.37. The van der Waals surface area contributed by atoms with Gasteiger partial charge in [-0.2, -0.15) is 0 Å². The molecule has 1 aliphatic heterocycles. The average molecular weight is 265 g/mol. The number of hydrogen-bond donors (Lipinski definition) is 1. The Morgan fingerprint density at radius 3 is 2.53 bits per heavy atom. The Labute approximate surface area is 115 Å². The second kappa shape index (κ2) is 8.02. The Kier molecular flexibility index (Phi) is 5.98. The van der Waals surface area contributed by atoms with Crippen LogP contribution in [0.2, 0.25) is 0 Å². The molecule has 2 rings (SSSR count). The molecule has 0 spiro atoms. The molecule has 106 valence electrons. The lowest BCUT2D eigenvalue weighted by molar-refractivity contribution is 0.0770. The molecule has 4 nitrogen and oxygen atoms in total. The van der Waals surface area contributed by atoms with Gasteiger partial charge < -0.3 is 19.5 Å². The van der Waals surface area contributed by atoms with Crippen molar-refractivity contribution in [3.63, 3.8) is 0 Å². The first-order valence-corrected chi connectivity index (χ1v) is 7.06. The van der Waals surface area contributed by atoms with E-state index in [-0.39, 0.29) is 0 Å². The van der Waals surface area contributed by atoms with E-state index in [0.29, 0.717) is 19.3 Å². The quantitative estimate of drug-likeness (QED) is 0.767. The predicted molar refractivity (Wildman–Crippen MR) is 74.9 cm³/mol. The molecule has 0 aliphatic carbocycles. The van der Waals surface area contributed by atoms with Crippen molar-refractivity contribution in [3.05, 3.63) is 24.3 Å². The number of hydrogen-bond acceptors (Lipinski definition) is 4. The number of nitrogens with one attached hydrogen (secondary N) is 1. The highest BCUT2D eigenvalue weighted by atomic mass is 16.5. The van der Waals surface area contributed by atoms with Gasteiger partial charge in [0.2, 0.25) is 0 Å². The molecule has 0 amide bonds. The maximum Gasteiger partial charge on any atom is 0.161 e. The van der Waals surface area contributed by atoms with E-state index >= 15 is 0 Å². The molecule has 19 heavy (non-hydrogen) atoms. The maximum absolute atomic E-state index is 5.76. The van der Waals surface area contributed by atoms with Crippen molar-refractivity contribution in [1.29, 1.82) is 0 Å². The van der Waals surface area contributed by atoms with Crippen LogP contribution in [0.15, 0.2) is 24.3 Å². The molecule has 4 heteroatoms. The van der Waals surface area contributed by atoms with Crippen molar-refractivity contribution in [3.8, 4) is 11.5 Å². The molecule has 1 aromatic carbocycles. The summed E-state index contributed by atoms with van der Waals surface area (Å²) in [7, 11) is 0. The maximum atomic E-state index is 5.76. The van der Waals surface area contributed by atoms with Crippen molar-refractivity contribution in [2.24, 2.45) is 0 Å². The summed E-state index contributed by atoms with van der Waals surface area (Å²) in [6, 6.07) is 8.37. The summed E-state index contributed by atoms with van der Waals surface area (Å²) >= 11 is 0. The number of rotatable bonds is 7. The van der Waals surface area contributed by atoms with E-state index in [0.717, 1.165) is 44.1 Å². The van der Waals surface area contributed by atoms with Gasteiger partial charge in [-0.05, 0) is 31.9 Å². The fourth-order valence-electron chi connectivity index (χ4n) is 2.17. The number of benzene rings is 1. The van der Waals surface area contributed by atoms with Crippen molar-refractivity contribution < 1.29 is 14.2 Å². The highest BCUT2D eigenvalue weighted by Crippen LogP contribution is 2.26.